The first-order chi connectivity index (χ1) is 8.09. The molecule has 1 aliphatic heterocycles. The number of ether oxygens (including phenoxy) is 1. The predicted octanol–water partition coefficient (Wildman–Crippen LogP) is 3.87. The summed E-state index contributed by atoms with van der Waals surface area (Å²) < 4.78 is 7.60. The lowest BCUT2D eigenvalue weighted by molar-refractivity contribution is 0.0446. The molecule has 0 radical (unpaired) electrons. The van der Waals surface area contributed by atoms with Crippen LogP contribution in [-0.2, 0) is 11.3 Å². The summed E-state index contributed by atoms with van der Waals surface area (Å²) in [6.45, 7) is 4.92. The highest BCUT2D eigenvalue weighted by atomic mass is 79.9. The van der Waals surface area contributed by atoms with E-state index in [9.17, 15) is 0 Å². The van der Waals surface area contributed by atoms with Gasteiger partial charge in [0.1, 0.15) is 0 Å². The van der Waals surface area contributed by atoms with Crippen LogP contribution in [0, 0.1) is 0 Å². The Hall–Kier alpha value is 0.1000. The highest BCUT2D eigenvalue weighted by Gasteiger charge is 2.26. The summed E-state index contributed by atoms with van der Waals surface area (Å²) in [5.41, 5.74) is 1.52. The van der Waals surface area contributed by atoms with Crippen LogP contribution in [-0.4, -0.2) is 18.8 Å². The van der Waals surface area contributed by atoms with Gasteiger partial charge in [0.2, 0.25) is 0 Å². The lowest BCUT2D eigenvalue weighted by Gasteiger charge is -2.34. The third-order valence-corrected chi connectivity index (χ3v) is 5.18. The van der Waals surface area contributed by atoms with E-state index in [1.165, 1.54) is 5.56 Å². The second kappa shape index (κ2) is 5.83. The molecule has 0 aromatic heterocycles. The maximum atomic E-state index is 5.40. The zero-order valence-corrected chi connectivity index (χ0v) is 13.1. The van der Waals surface area contributed by atoms with Gasteiger partial charge in [0.05, 0.1) is 0 Å². The van der Waals surface area contributed by atoms with E-state index in [1.54, 1.807) is 0 Å². The second-order valence-electron chi connectivity index (χ2n) is 4.78. The Morgan fingerprint density at radius 1 is 1.24 bits per heavy atom. The maximum Gasteiger partial charge on any atom is 0.0483 e. The van der Waals surface area contributed by atoms with E-state index in [0.29, 0.717) is 0 Å². The summed E-state index contributed by atoms with van der Waals surface area (Å²) in [7, 11) is 0. The van der Waals surface area contributed by atoms with E-state index in [4.69, 9.17) is 4.74 Å². The molecule has 17 heavy (non-hydrogen) atoms. The number of halogens is 2. The molecule has 1 aliphatic rings. The molecule has 2 nitrogen and oxygen atoms in total. The SMILES string of the molecule is CC1(NCc2ccc(Br)c(Br)c2)CCOCC1. The molecule has 1 aromatic carbocycles. The van der Waals surface area contributed by atoms with Gasteiger partial charge in [-0.3, -0.25) is 0 Å². The van der Waals surface area contributed by atoms with E-state index in [1.807, 2.05) is 0 Å². The quantitative estimate of drug-likeness (QED) is 0.881. The summed E-state index contributed by atoms with van der Waals surface area (Å²) in [6.07, 6.45) is 2.18. The monoisotopic (exact) mass is 361 g/mol. The fourth-order valence-electron chi connectivity index (χ4n) is 1.96. The third-order valence-electron chi connectivity index (χ3n) is 3.30. The van der Waals surface area contributed by atoms with Crippen molar-refractivity contribution in [2.45, 2.75) is 31.8 Å². The standard InChI is InChI=1S/C13H17Br2NO/c1-13(4-6-17-7-5-13)16-9-10-2-3-11(14)12(15)8-10/h2-3,8,16H,4-7,9H2,1H3. The van der Waals surface area contributed by atoms with Crippen LogP contribution in [0.4, 0.5) is 0 Å². The first-order valence-electron chi connectivity index (χ1n) is 5.86. The normalized spacial score (nSPS) is 19.2. The molecule has 1 fully saturated rings. The molecule has 1 heterocycles. The zero-order valence-electron chi connectivity index (χ0n) is 9.93. The van der Waals surface area contributed by atoms with Crippen molar-refractivity contribution in [3.05, 3.63) is 32.7 Å². The highest BCUT2D eigenvalue weighted by molar-refractivity contribution is 9.13. The molecule has 4 heteroatoms. The molecule has 0 bridgehead atoms. The van der Waals surface area contributed by atoms with E-state index < -0.39 is 0 Å². The number of rotatable bonds is 3. The van der Waals surface area contributed by atoms with Gasteiger partial charge in [-0.2, -0.15) is 0 Å². The molecule has 0 amide bonds. The van der Waals surface area contributed by atoms with Gasteiger partial charge in [0.25, 0.3) is 0 Å². The van der Waals surface area contributed by atoms with E-state index in [0.717, 1.165) is 41.5 Å². The molecular weight excluding hydrogens is 346 g/mol. The number of hydrogen-bond donors (Lipinski definition) is 1. The van der Waals surface area contributed by atoms with Crippen LogP contribution in [0.25, 0.3) is 0 Å². The highest BCUT2D eigenvalue weighted by Crippen LogP contribution is 2.25. The molecule has 0 spiro atoms. The van der Waals surface area contributed by atoms with Crippen molar-refractivity contribution in [3.8, 4) is 0 Å². The maximum absolute atomic E-state index is 5.40. The minimum atomic E-state index is 0.220. The van der Waals surface area contributed by atoms with Gasteiger partial charge < -0.3 is 10.1 Å². The average molecular weight is 363 g/mol. The fourth-order valence-corrected chi connectivity index (χ4v) is 2.64. The third kappa shape index (κ3) is 3.78. The van der Waals surface area contributed by atoms with Crippen LogP contribution in [0.5, 0.6) is 0 Å². The molecule has 0 unspecified atom stereocenters. The van der Waals surface area contributed by atoms with Crippen LogP contribution >= 0.6 is 31.9 Å². The summed E-state index contributed by atoms with van der Waals surface area (Å²) >= 11 is 7.01. The van der Waals surface area contributed by atoms with Gasteiger partial charge in [0.15, 0.2) is 0 Å². The van der Waals surface area contributed by atoms with Crippen molar-refractivity contribution in [2.75, 3.05) is 13.2 Å². The first kappa shape index (κ1) is 13.5. The van der Waals surface area contributed by atoms with Gasteiger partial charge in [-0.1, -0.05) is 6.07 Å². The lowest BCUT2D eigenvalue weighted by atomic mass is 9.92. The van der Waals surface area contributed by atoms with Gasteiger partial charge >= 0.3 is 0 Å². The van der Waals surface area contributed by atoms with Gasteiger partial charge in [-0.15, -0.1) is 0 Å². The fraction of sp³-hybridized carbons (Fsp3) is 0.538. The zero-order chi connectivity index (χ0) is 12.3. The molecular formula is C13H17Br2NO. The van der Waals surface area contributed by atoms with Crippen LogP contribution in [0.15, 0.2) is 27.1 Å². The molecule has 1 saturated heterocycles. The van der Waals surface area contributed by atoms with Crippen molar-refractivity contribution in [1.29, 1.82) is 0 Å². The molecule has 2 rings (SSSR count). The van der Waals surface area contributed by atoms with Crippen LogP contribution in [0.2, 0.25) is 0 Å². The molecule has 94 valence electrons. The Kier molecular flexibility index (Phi) is 4.64. The van der Waals surface area contributed by atoms with Crippen molar-refractivity contribution in [2.24, 2.45) is 0 Å². The summed E-state index contributed by atoms with van der Waals surface area (Å²) in [4.78, 5) is 0. The van der Waals surface area contributed by atoms with Crippen molar-refractivity contribution < 1.29 is 4.74 Å². The van der Waals surface area contributed by atoms with Gasteiger partial charge in [-0.25, -0.2) is 0 Å². The molecule has 1 N–H and O–H groups in total. The van der Waals surface area contributed by atoms with Gasteiger partial charge in [0, 0.05) is 34.2 Å². The average Bonchev–Trinajstić information content (AvgIpc) is 2.32. The lowest BCUT2D eigenvalue weighted by Crippen LogP contribution is -2.46. The Morgan fingerprint density at radius 3 is 2.59 bits per heavy atom. The Bertz CT molecular complexity index is 389. The van der Waals surface area contributed by atoms with Crippen LogP contribution < -0.4 is 5.32 Å². The van der Waals surface area contributed by atoms with Crippen molar-refractivity contribution >= 4 is 31.9 Å². The number of hydrogen-bond acceptors (Lipinski definition) is 2. The topological polar surface area (TPSA) is 21.3 Å². The van der Waals surface area contributed by atoms with Crippen LogP contribution in [0.1, 0.15) is 25.3 Å². The van der Waals surface area contributed by atoms with Crippen LogP contribution in [0.3, 0.4) is 0 Å². The first-order valence-corrected chi connectivity index (χ1v) is 7.44. The predicted molar refractivity (Wildman–Crippen MR) is 77.1 cm³/mol. The van der Waals surface area contributed by atoms with E-state index in [2.05, 4.69) is 62.3 Å². The van der Waals surface area contributed by atoms with Crippen molar-refractivity contribution in [3.63, 3.8) is 0 Å². The largest absolute Gasteiger partial charge is 0.381 e. The van der Waals surface area contributed by atoms with Gasteiger partial charge in [-0.05, 0) is 69.3 Å². The Morgan fingerprint density at radius 2 is 1.94 bits per heavy atom. The van der Waals surface area contributed by atoms with Crippen molar-refractivity contribution in [1.82, 2.24) is 5.32 Å². The minimum Gasteiger partial charge on any atom is -0.381 e. The molecule has 1 aromatic rings. The molecule has 0 saturated carbocycles. The smallest absolute Gasteiger partial charge is 0.0483 e. The summed E-state index contributed by atoms with van der Waals surface area (Å²) in [5.74, 6) is 0. The minimum absolute atomic E-state index is 0.220. The van der Waals surface area contributed by atoms with E-state index in [-0.39, 0.29) is 5.54 Å². The number of nitrogens with one attached hydrogen (secondary N) is 1. The summed E-state index contributed by atoms with van der Waals surface area (Å²) in [6, 6.07) is 6.37. The van der Waals surface area contributed by atoms with E-state index >= 15 is 0 Å². The molecule has 0 aliphatic carbocycles. The molecule has 0 atom stereocenters. The number of benzene rings is 1. The second-order valence-corrected chi connectivity index (χ2v) is 6.48. The Labute approximate surface area is 119 Å². The summed E-state index contributed by atoms with van der Waals surface area (Å²) in [5, 5.41) is 3.64. The Balaban J connectivity index is 1.94.